The van der Waals surface area contributed by atoms with Gasteiger partial charge in [0.2, 0.25) is 0 Å². The number of pyridine rings is 1. The Labute approximate surface area is 181 Å². The van der Waals surface area contributed by atoms with Gasteiger partial charge >= 0.3 is 0 Å². The van der Waals surface area contributed by atoms with Crippen molar-refractivity contribution < 1.29 is 4.39 Å². The lowest BCUT2D eigenvalue weighted by Gasteiger charge is -2.22. The minimum Gasteiger partial charge on any atom is -0.383 e. The fourth-order valence-electron chi connectivity index (χ4n) is 4.64. The Balaban J connectivity index is 1.68. The van der Waals surface area contributed by atoms with Crippen LogP contribution in [0.15, 0.2) is 48.8 Å². The molecule has 1 fully saturated rings. The topological polar surface area (TPSA) is 68.8 Å². The van der Waals surface area contributed by atoms with E-state index in [4.69, 9.17) is 10.8 Å². The van der Waals surface area contributed by atoms with E-state index in [-0.39, 0.29) is 5.82 Å². The van der Waals surface area contributed by atoms with Crippen LogP contribution in [0, 0.1) is 19.7 Å². The quantitative estimate of drug-likeness (QED) is 0.493. The normalized spacial score (nSPS) is 14.9. The number of aryl methyl sites for hydroxylation is 2. The van der Waals surface area contributed by atoms with Crippen molar-refractivity contribution in [2.45, 2.75) is 32.7 Å². The Morgan fingerprint density at radius 2 is 1.87 bits per heavy atom. The van der Waals surface area contributed by atoms with Crippen LogP contribution in [0.25, 0.3) is 33.0 Å². The van der Waals surface area contributed by atoms with Crippen LogP contribution >= 0.6 is 0 Å². The van der Waals surface area contributed by atoms with Crippen molar-refractivity contribution in [3.05, 3.63) is 65.9 Å². The molecule has 0 bridgehead atoms. The maximum Gasteiger partial charge on any atom is 0.131 e. The summed E-state index contributed by atoms with van der Waals surface area (Å²) < 4.78 is 16.8. The van der Waals surface area contributed by atoms with E-state index in [2.05, 4.69) is 21.2 Å². The van der Waals surface area contributed by atoms with Crippen molar-refractivity contribution in [1.29, 1.82) is 0 Å². The summed E-state index contributed by atoms with van der Waals surface area (Å²) in [5.74, 6) is 0.247. The van der Waals surface area contributed by atoms with E-state index in [0.717, 1.165) is 64.7 Å². The van der Waals surface area contributed by atoms with Crippen LogP contribution in [-0.4, -0.2) is 27.9 Å². The van der Waals surface area contributed by atoms with Gasteiger partial charge in [0.1, 0.15) is 11.6 Å². The number of benzene rings is 2. The van der Waals surface area contributed by atoms with Crippen LogP contribution < -0.4 is 11.1 Å². The third-order valence-corrected chi connectivity index (χ3v) is 6.32. The van der Waals surface area contributed by atoms with Gasteiger partial charge in [0.25, 0.3) is 0 Å². The Morgan fingerprint density at radius 3 is 2.65 bits per heavy atom. The molecule has 0 spiro atoms. The number of nitrogens with zero attached hydrogens (tertiary/aromatic N) is 3. The predicted molar refractivity (Wildman–Crippen MR) is 123 cm³/mol. The highest BCUT2D eigenvalue weighted by molar-refractivity contribution is 6.03. The molecular formula is C25H26FN5. The molecule has 4 aromatic rings. The maximum absolute atomic E-state index is 14.7. The fraction of sp³-hybridized carbons (Fsp3) is 0.280. The summed E-state index contributed by atoms with van der Waals surface area (Å²) in [4.78, 5) is 4.44. The Bertz CT molecular complexity index is 1250. The van der Waals surface area contributed by atoms with Gasteiger partial charge in [-0.05, 0) is 68.4 Å². The first-order valence-corrected chi connectivity index (χ1v) is 10.7. The van der Waals surface area contributed by atoms with Crippen LogP contribution in [0.2, 0.25) is 0 Å². The van der Waals surface area contributed by atoms with E-state index in [0.29, 0.717) is 17.4 Å². The molecule has 0 aliphatic carbocycles. The first kappa shape index (κ1) is 19.7. The monoisotopic (exact) mass is 415 g/mol. The van der Waals surface area contributed by atoms with Crippen LogP contribution in [0.4, 0.5) is 10.2 Å². The number of nitrogens with one attached hydrogen (secondary N) is 1. The summed E-state index contributed by atoms with van der Waals surface area (Å²) in [6.45, 7) is 5.98. The molecule has 5 rings (SSSR count). The van der Waals surface area contributed by atoms with Gasteiger partial charge in [0.15, 0.2) is 0 Å². The van der Waals surface area contributed by atoms with E-state index >= 15 is 0 Å². The van der Waals surface area contributed by atoms with Crippen LogP contribution in [0.1, 0.15) is 30.1 Å². The summed E-state index contributed by atoms with van der Waals surface area (Å²) in [5.41, 5.74) is 11.5. The number of nitrogen functional groups attached to an aromatic ring is 1. The summed E-state index contributed by atoms with van der Waals surface area (Å²) >= 11 is 0. The van der Waals surface area contributed by atoms with Gasteiger partial charge in [-0.25, -0.2) is 9.37 Å². The molecule has 0 amide bonds. The zero-order chi connectivity index (χ0) is 21.5. The average Bonchev–Trinajstić information content (AvgIpc) is 3.16. The second kappa shape index (κ2) is 7.78. The van der Waals surface area contributed by atoms with Crippen LogP contribution in [0.5, 0.6) is 0 Å². The first-order chi connectivity index (χ1) is 15.0. The fourth-order valence-corrected chi connectivity index (χ4v) is 4.64. The maximum atomic E-state index is 14.7. The molecule has 31 heavy (non-hydrogen) atoms. The van der Waals surface area contributed by atoms with Gasteiger partial charge in [-0.2, -0.15) is 5.10 Å². The highest BCUT2D eigenvalue weighted by atomic mass is 19.1. The molecule has 1 aliphatic heterocycles. The molecule has 2 aromatic carbocycles. The average molecular weight is 416 g/mol. The summed E-state index contributed by atoms with van der Waals surface area (Å²) in [6.07, 6.45) is 6.07. The lowest BCUT2D eigenvalue weighted by molar-refractivity contribution is 0.342. The number of anilines is 1. The number of piperidine rings is 1. The van der Waals surface area contributed by atoms with Gasteiger partial charge < -0.3 is 11.1 Å². The van der Waals surface area contributed by atoms with Crippen molar-refractivity contribution >= 4 is 16.6 Å². The van der Waals surface area contributed by atoms with Crippen molar-refractivity contribution in [3.63, 3.8) is 0 Å². The van der Waals surface area contributed by atoms with Gasteiger partial charge in [-0.15, -0.1) is 0 Å². The minimum atomic E-state index is -0.224. The largest absolute Gasteiger partial charge is 0.383 e. The van der Waals surface area contributed by atoms with E-state index in [1.165, 1.54) is 6.07 Å². The molecule has 1 saturated heterocycles. The van der Waals surface area contributed by atoms with Crippen molar-refractivity contribution in [2.24, 2.45) is 0 Å². The summed E-state index contributed by atoms with van der Waals surface area (Å²) in [6, 6.07) is 11.4. The summed E-state index contributed by atoms with van der Waals surface area (Å²) in [5, 5.41) is 10.0. The first-order valence-electron chi connectivity index (χ1n) is 10.7. The van der Waals surface area contributed by atoms with Gasteiger partial charge in [0.05, 0.1) is 11.7 Å². The molecule has 0 saturated carbocycles. The lowest BCUT2D eigenvalue weighted by atomic mass is 9.94. The second-order valence-electron chi connectivity index (χ2n) is 8.34. The third-order valence-electron chi connectivity index (χ3n) is 6.32. The lowest BCUT2D eigenvalue weighted by Crippen LogP contribution is -2.29. The highest BCUT2D eigenvalue weighted by Crippen LogP contribution is 2.37. The SMILES string of the molecule is Cc1cccc(F)c1-c1ccc2c(N)ncc(-c3cn(C4CCNCC4)nc3C)c2c1. The molecule has 2 aromatic heterocycles. The van der Waals surface area contributed by atoms with E-state index in [1.54, 1.807) is 6.07 Å². The van der Waals surface area contributed by atoms with E-state index in [1.807, 2.05) is 44.3 Å². The van der Waals surface area contributed by atoms with Gasteiger partial charge in [-0.1, -0.05) is 24.3 Å². The number of rotatable bonds is 3. The molecule has 3 heterocycles. The second-order valence-corrected chi connectivity index (χ2v) is 8.34. The molecule has 158 valence electrons. The van der Waals surface area contributed by atoms with Gasteiger partial charge in [0, 0.05) is 34.5 Å². The van der Waals surface area contributed by atoms with Crippen molar-refractivity contribution in [1.82, 2.24) is 20.1 Å². The van der Waals surface area contributed by atoms with E-state index < -0.39 is 0 Å². The molecular weight excluding hydrogens is 389 g/mol. The number of aromatic nitrogens is 3. The van der Waals surface area contributed by atoms with E-state index in [9.17, 15) is 4.39 Å². The molecule has 1 aliphatic rings. The van der Waals surface area contributed by atoms with Crippen molar-refractivity contribution in [2.75, 3.05) is 18.8 Å². The molecule has 6 heteroatoms. The zero-order valence-electron chi connectivity index (χ0n) is 17.8. The van der Waals surface area contributed by atoms with Crippen molar-refractivity contribution in [3.8, 4) is 22.3 Å². The van der Waals surface area contributed by atoms with Crippen LogP contribution in [-0.2, 0) is 0 Å². The summed E-state index contributed by atoms with van der Waals surface area (Å²) in [7, 11) is 0. The Kier molecular flexibility index (Phi) is 4.94. The number of hydrogen-bond donors (Lipinski definition) is 2. The zero-order valence-corrected chi connectivity index (χ0v) is 17.8. The molecule has 5 nitrogen and oxygen atoms in total. The number of halogens is 1. The highest BCUT2D eigenvalue weighted by Gasteiger charge is 2.20. The predicted octanol–water partition coefficient (Wildman–Crippen LogP) is 5.03. The Hall–Kier alpha value is -3.25. The third kappa shape index (κ3) is 3.47. The Morgan fingerprint density at radius 1 is 1.06 bits per heavy atom. The number of nitrogens with two attached hydrogens (primary N) is 1. The molecule has 3 N–H and O–H groups in total. The smallest absolute Gasteiger partial charge is 0.131 e. The number of hydrogen-bond acceptors (Lipinski definition) is 4. The van der Waals surface area contributed by atoms with Crippen LogP contribution in [0.3, 0.4) is 0 Å². The number of fused-ring (bicyclic) bond motifs is 1. The molecule has 0 unspecified atom stereocenters. The minimum absolute atomic E-state index is 0.224. The molecule has 0 radical (unpaired) electrons. The molecule has 0 atom stereocenters. The van der Waals surface area contributed by atoms with Gasteiger partial charge in [-0.3, -0.25) is 4.68 Å². The standard InChI is InChI=1S/C25H26FN5/c1-15-4-3-5-23(26)24(15)17-6-7-19-20(12-17)21(13-29-25(19)27)22-14-31(30-16(22)2)18-8-10-28-11-9-18/h3-7,12-14,18,28H,8-11H2,1-2H3,(H2,27,29).